The number of aliphatic carboxylic acids is 1. The van der Waals surface area contributed by atoms with Crippen LogP contribution >= 0.6 is 0 Å². The fourth-order valence-corrected chi connectivity index (χ4v) is 3.41. The van der Waals surface area contributed by atoms with Gasteiger partial charge in [-0.2, -0.15) is 0 Å². The molecule has 0 aliphatic carbocycles. The summed E-state index contributed by atoms with van der Waals surface area (Å²) >= 11 is 0. The number of carbonyl (C=O) groups excluding carboxylic acids is 4. The zero-order valence-corrected chi connectivity index (χ0v) is 16.5. The molecule has 0 fully saturated rings. The number of nitrogens with two attached hydrogens (primary N) is 1. The topological polar surface area (TPSA) is 147 Å². The molecule has 0 spiro atoms. The van der Waals surface area contributed by atoms with E-state index >= 15 is 0 Å². The van der Waals surface area contributed by atoms with Crippen molar-refractivity contribution in [2.24, 2.45) is 5.73 Å². The number of nitrogens with one attached hydrogen (secondary N) is 1. The number of hydrogen-bond acceptors (Lipinski definition) is 6. The number of nitrogens with zero attached hydrogens (tertiary/aromatic N) is 1. The standard InChI is InChI=1S/C22H21N3O6/c23-16(19(27)24-17(22(30)31)9-5-11-26)12-13-6-1-4-10-18(13)25-20(28)14-7-2-3-8-15(14)21(25)29/h1-4,6-8,10-11,16-17H,5,9,12,23H2,(H,24,27)(H,30,31)/t16-,17-/m0/s1. The molecule has 1 aliphatic heterocycles. The van der Waals surface area contributed by atoms with E-state index in [0.717, 1.165) is 4.90 Å². The minimum atomic E-state index is -1.27. The van der Waals surface area contributed by atoms with Crippen LogP contribution in [0.25, 0.3) is 0 Å². The van der Waals surface area contributed by atoms with Crippen molar-refractivity contribution in [3.05, 3.63) is 65.2 Å². The average Bonchev–Trinajstić information content (AvgIpc) is 3.01. The second kappa shape index (κ2) is 9.31. The van der Waals surface area contributed by atoms with Gasteiger partial charge in [-0.1, -0.05) is 30.3 Å². The Morgan fingerprint density at radius 3 is 2.19 bits per heavy atom. The Bertz CT molecular complexity index is 1020. The van der Waals surface area contributed by atoms with Crippen molar-refractivity contribution in [1.29, 1.82) is 0 Å². The first-order chi connectivity index (χ1) is 14.8. The highest BCUT2D eigenvalue weighted by Gasteiger charge is 2.37. The summed E-state index contributed by atoms with van der Waals surface area (Å²) < 4.78 is 0. The molecule has 0 aromatic heterocycles. The molecule has 31 heavy (non-hydrogen) atoms. The number of fused-ring (bicyclic) bond motifs is 1. The minimum absolute atomic E-state index is 0.0188. The number of rotatable bonds is 9. The van der Waals surface area contributed by atoms with Crippen molar-refractivity contribution in [3.8, 4) is 0 Å². The lowest BCUT2D eigenvalue weighted by molar-refractivity contribution is -0.142. The molecule has 9 nitrogen and oxygen atoms in total. The summed E-state index contributed by atoms with van der Waals surface area (Å²) in [7, 11) is 0. The third-order valence-corrected chi connectivity index (χ3v) is 4.99. The van der Waals surface area contributed by atoms with Gasteiger partial charge < -0.3 is 21.0 Å². The maximum atomic E-state index is 12.8. The first-order valence-electron chi connectivity index (χ1n) is 9.63. The molecule has 2 aromatic rings. The summed E-state index contributed by atoms with van der Waals surface area (Å²) in [4.78, 5) is 60.9. The molecule has 1 aliphatic rings. The van der Waals surface area contributed by atoms with E-state index in [-0.39, 0.29) is 19.3 Å². The third kappa shape index (κ3) is 4.51. The smallest absolute Gasteiger partial charge is 0.326 e. The van der Waals surface area contributed by atoms with Crippen LogP contribution < -0.4 is 16.0 Å². The van der Waals surface area contributed by atoms with Crippen molar-refractivity contribution in [1.82, 2.24) is 5.32 Å². The fourth-order valence-electron chi connectivity index (χ4n) is 3.41. The van der Waals surface area contributed by atoms with Crippen LogP contribution in [0.1, 0.15) is 39.1 Å². The van der Waals surface area contributed by atoms with Crippen LogP contribution in [-0.2, 0) is 20.8 Å². The highest BCUT2D eigenvalue weighted by molar-refractivity contribution is 6.34. The Hall–Kier alpha value is -3.85. The Labute approximate surface area is 177 Å². The normalized spacial score (nSPS) is 14.7. The van der Waals surface area contributed by atoms with Crippen LogP contribution in [0.4, 0.5) is 5.69 Å². The SMILES string of the molecule is N[C@@H](Cc1ccccc1N1C(=O)c2ccccc2C1=O)C(=O)N[C@@H](CCC=O)C(=O)O. The van der Waals surface area contributed by atoms with Gasteiger partial charge >= 0.3 is 5.97 Å². The van der Waals surface area contributed by atoms with Gasteiger partial charge in [0, 0.05) is 6.42 Å². The van der Waals surface area contributed by atoms with Crippen molar-refractivity contribution in [3.63, 3.8) is 0 Å². The number of amides is 3. The molecule has 0 radical (unpaired) electrons. The maximum Gasteiger partial charge on any atom is 0.326 e. The van der Waals surface area contributed by atoms with Gasteiger partial charge in [0.05, 0.1) is 22.9 Å². The molecule has 0 unspecified atom stereocenters. The molecule has 2 aromatic carbocycles. The van der Waals surface area contributed by atoms with E-state index in [0.29, 0.717) is 28.7 Å². The lowest BCUT2D eigenvalue weighted by atomic mass is 10.0. The average molecular weight is 423 g/mol. The van der Waals surface area contributed by atoms with Gasteiger partial charge in [-0.15, -0.1) is 0 Å². The zero-order chi connectivity index (χ0) is 22.5. The Balaban J connectivity index is 1.79. The summed E-state index contributed by atoms with van der Waals surface area (Å²) in [5.74, 6) is -2.92. The van der Waals surface area contributed by atoms with Crippen LogP contribution in [-0.4, -0.2) is 47.2 Å². The third-order valence-electron chi connectivity index (χ3n) is 4.99. The van der Waals surface area contributed by atoms with Crippen molar-refractivity contribution < 1.29 is 29.1 Å². The first kappa shape index (κ1) is 21.8. The monoisotopic (exact) mass is 423 g/mol. The Morgan fingerprint density at radius 2 is 1.61 bits per heavy atom. The highest BCUT2D eigenvalue weighted by atomic mass is 16.4. The molecule has 3 rings (SSSR count). The van der Waals surface area contributed by atoms with Crippen LogP contribution in [0.3, 0.4) is 0 Å². The Kier molecular flexibility index (Phi) is 6.56. The van der Waals surface area contributed by atoms with E-state index in [4.69, 9.17) is 5.73 Å². The van der Waals surface area contributed by atoms with Gasteiger partial charge in [-0.05, 0) is 36.6 Å². The van der Waals surface area contributed by atoms with E-state index in [1.54, 1.807) is 48.5 Å². The molecule has 1 heterocycles. The van der Waals surface area contributed by atoms with Gasteiger partial charge in [0.1, 0.15) is 12.3 Å². The molecule has 160 valence electrons. The molecule has 0 saturated carbocycles. The number of anilines is 1. The lowest BCUT2D eigenvalue weighted by Gasteiger charge is -2.21. The fraction of sp³-hybridized carbons (Fsp3) is 0.227. The van der Waals surface area contributed by atoms with E-state index in [1.165, 1.54) is 0 Å². The van der Waals surface area contributed by atoms with E-state index in [2.05, 4.69) is 5.32 Å². The Morgan fingerprint density at radius 1 is 1.03 bits per heavy atom. The van der Waals surface area contributed by atoms with Crippen LogP contribution in [0.5, 0.6) is 0 Å². The second-order valence-corrected chi connectivity index (χ2v) is 7.07. The van der Waals surface area contributed by atoms with Gasteiger partial charge in [0.25, 0.3) is 11.8 Å². The molecule has 9 heteroatoms. The predicted octanol–water partition coefficient (Wildman–Crippen LogP) is 0.905. The number of benzene rings is 2. The van der Waals surface area contributed by atoms with Crippen molar-refractivity contribution >= 4 is 35.7 Å². The number of para-hydroxylation sites is 1. The van der Waals surface area contributed by atoms with Gasteiger partial charge in [0.2, 0.25) is 5.91 Å². The number of carboxylic acid groups (broad SMARTS) is 1. The largest absolute Gasteiger partial charge is 0.480 e. The summed E-state index contributed by atoms with van der Waals surface area (Å²) in [5.41, 5.74) is 7.37. The summed E-state index contributed by atoms with van der Waals surface area (Å²) in [6.07, 6.45) is 0.466. The summed E-state index contributed by atoms with van der Waals surface area (Å²) in [5, 5.41) is 11.5. The zero-order valence-electron chi connectivity index (χ0n) is 16.5. The van der Waals surface area contributed by atoms with Gasteiger partial charge in [-0.25, -0.2) is 9.69 Å². The van der Waals surface area contributed by atoms with E-state index < -0.39 is 35.8 Å². The molecule has 0 saturated heterocycles. The molecular weight excluding hydrogens is 402 g/mol. The maximum absolute atomic E-state index is 12.8. The van der Waals surface area contributed by atoms with E-state index in [1.807, 2.05) is 0 Å². The highest BCUT2D eigenvalue weighted by Crippen LogP contribution is 2.31. The first-order valence-corrected chi connectivity index (χ1v) is 9.63. The van der Waals surface area contributed by atoms with Gasteiger partial charge in [0.15, 0.2) is 0 Å². The second-order valence-electron chi connectivity index (χ2n) is 7.07. The van der Waals surface area contributed by atoms with Crippen LogP contribution in [0.15, 0.2) is 48.5 Å². The number of carboxylic acids is 1. The number of aldehydes is 1. The van der Waals surface area contributed by atoms with Crippen LogP contribution in [0.2, 0.25) is 0 Å². The minimum Gasteiger partial charge on any atom is -0.480 e. The van der Waals surface area contributed by atoms with E-state index in [9.17, 15) is 29.1 Å². The summed E-state index contributed by atoms with van der Waals surface area (Å²) in [6, 6.07) is 10.7. The lowest BCUT2D eigenvalue weighted by Crippen LogP contribution is -2.49. The molecule has 3 amide bonds. The number of hydrogen-bond donors (Lipinski definition) is 3. The van der Waals surface area contributed by atoms with Gasteiger partial charge in [-0.3, -0.25) is 14.4 Å². The number of carbonyl (C=O) groups is 5. The molecule has 4 N–H and O–H groups in total. The van der Waals surface area contributed by atoms with Crippen LogP contribution in [0, 0.1) is 0 Å². The molecule has 2 atom stereocenters. The molecular formula is C22H21N3O6. The van der Waals surface area contributed by atoms with Crippen molar-refractivity contribution in [2.75, 3.05) is 4.90 Å². The summed E-state index contributed by atoms with van der Waals surface area (Å²) in [6.45, 7) is 0. The predicted molar refractivity (Wildman–Crippen MR) is 111 cm³/mol. The molecule has 0 bridgehead atoms. The van der Waals surface area contributed by atoms with Crippen molar-refractivity contribution in [2.45, 2.75) is 31.3 Å². The number of imide groups is 1. The quantitative estimate of drug-likeness (QED) is 0.401.